The highest BCUT2D eigenvalue weighted by Gasteiger charge is 2.56. The first-order valence-electron chi connectivity index (χ1n) is 6.37. The van der Waals surface area contributed by atoms with Crippen LogP contribution in [0.2, 0.25) is 0 Å². The van der Waals surface area contributed by atoms with Crippen LogP contribution in [-0.2, 0) is 4.79 Å². The van der Waals surface area contributed by atoms with Crippen molar-refractivity contribution in [1.82, 2.24) is 10.6 Å². The van der Waals surface area contributed by atoms with Gasteiger partial charge >= 0.3 is 0 Å². The van der Waals surface area contributed by atoms with E-state index in [0.29, 0.717) is 17.9 Å². The molecule has 3 heteroatoms. The van der Waals surface area contributed by atoms with Gasteiger partial charge in [0.1, 0.15) is 0 Å². The van der Waals surface area contributed by atoms with Crippen molar-refractivity contribution in [2.45, 2.75) is 38.1 Å². The van der Waals surface area contributed by atoms with Gasteiger partial charge in [0.05, 0.1) is 0 Å². The smallest absolute Gasteiger partial charge is 0.223 e. The molecule has 15 heavy (non-hydrogen) atoms. The van der Waals surface area contributed by atoms with Gasteiger partial charge in [0.15, 0.2) is 0 Å². The molecule has 3 rings (SSSR count). The second-order valence-electron chi connectivity index (χ2n) is 5.32. The van der Waals surface area contributed by atoms with Gasteiger partial charge in [-0.15, -0.1) is 0 Å². The molecular weight excluding hydrogens is 188 g/mol. The summed E-state index contributed by atoms with van der Waals surface area (Å²) in [7, 11) is 0. The third-order valence-electron chi connectivity index (χ3n) is 4.39. The lowest BCUT2D eigenvalue weighted by atomic mass is 10.1. The van der Waals surface area contributed by atoms with Crippen LogP contribution >= 0.6 is 0 Å². The van der Waals surface area contributed by atoms with Crippen LogP contribution in [0.15, 0.2) is 0 Å². The van der Waals surface area contributed by atoms with Gasteiger partial charge in [-0.1, -0.05) is 6.42 Å². The van der Waals surface area contributed by atoms with E-state index in [1.807, 2.05) is 0 Å². The molecule has 0 aromatic carbocycles. The number of carbonyl (C=O) groups excluding carboxylic acids is 1. The Labute approximate surface area is 91.0 Å². The van der Waals surface area contributed by atoms with E-state index in [1.165, 1.54) is 32.1 Å². The van der Waals surface area contributed by atoms with E-state index in [1.54, 1.807) is 0 Å². The summed E-state index contributed by atoms with van der Waals surface area (Å²) in [6.45, 7) is 1.96. The van der Waals surface area contributed by atoms with Gasteiger partial charge in [-0.3, -0.25) is 4.79 Å². The van der Waals surface area contributed by atoms with Crippen LogP contribution in [0.5, 0.6) is 0 Å². The van der Waals surface area contributed by atoms with Crippen molar-refractivity contribution in [3.63, 3.8) is 0 Å². The number of fused-ring (bicyclic) bond motifs is 1. The van der Waals surface area contributed by atoms with E-state index in [0.717, 1.165) is 24.9 Å². The van der Waals surface area contributed by atoms with Crippen molar-refractivity contribution >= 4 is 5.91 Å². The maximum Gasteiger partial charge on any atom is 0.223 e. The van der Waals surface area contributed by atoms with E-state index in [-0.39, 0.29) is 0 Å². The quantitative estimate of drug-likeness (QED) is 0.723. The number of hydrogen-bond donors (Lipinski definition) is 2. The summed E-state index contributed by atoms with van der Waals surface area (Å²) < 4.78 is 0. The van der Waals surface area contributed by atoms with Crippen LogP contribution in [0, 0.1) is 17.8 Å². The fourth-order valence-corrected chi connectivity index (χ4v) is 3.48. The largest absolute Gasteiger partial charge is 0.354 e. The number of hydrogen-bond acceptors (Lipinski definition) is 2. The van der Waals surface area contributed by atoms with Crippen molar-refractivity contribution in [2.75, 3.05) is 13.1 Å². The van der Waals surface area contributed by atoms with Crippen molar-refractivity contribution < 1.29 is 4.79 Å². The van der Waals surface area contributed by atoms with Gasteiger partial charge in [0.2, 0.25) is 5.91 Å². The first-order chi connectivity index (χ1) is 7.36. The highest BCUT2D eigenvalue weighted by molar-refractivity contribution is 5.82. The molecule has 2 aliphatic carbocycles. The van der Waals surface area contributed by atoms with Gasteiger partial charge in [0.25, 0.3) is 0 Å². The molecule has 3 unspecified atom stereocenters. The Bertz CT molecular complexity index is 250. The fourth-order valence-electron chi connectivity index (χ4n) is 3.48. The van der Waals surface area contributed by atoms with Crippen LogP contribution in [-0.4, -0.2) is 25.0 Å². The zero-order chi connectivity index (χ0) is 10.3. The first kappa shape index (κ1) is 9.64. The molecule has 0 spiro atoms. The van der Waals surface area contributed by atoms with Gasteiger partial charge in [0, 0.05) is 18.5 Å². The highest BCUT2D eigenvalue weighted by atomic mass is 16.2. The number of carbonyl (C=O) groups is 1. The second kappa shape index (κ2) is 3.78. The molecule has 1 saturated heterocycles. The summed E-state index contributed by atoms with van der Waals surface area (Å²) in [6, 6.07) is 0.535. The SMILES string of the molecule is O=C(NCC1CCCN1)C1C2CCCC21. The molecule has 84 valence electrons. The molecule has 1 amide bonds. The van der Waals surface area contributed by atoms with E-state index < -0.39 is 0 Å². The molecule has 3 atom stereocenters. The fraction of sp³-hybridized carbons (Fsp3) is 0.917. The zero-order valence-corrected chi connectivity index (χ0v) is 9.17. The average Bonchev–Trinajstić information content (AvgIpc) is 2.72. The standard InChI is InChI=1S/C12H20N2O/c15-12(11-9-4-1-5-10(9)11)14-7-8-3-2-6-13-8/h8-11,13H,1-7H2,(H,14,15). The minimum absolute atomic E-state index is 0.332. The maximum absolute atomic E-state index is 11.8. The molecule has 3 nitrogen and oxygen atoms in total. The van der Waals surface area contributed by atoms with Gasteiger partial charge in [-0.25, -0.2) is 0 Å². The summed E-state index contributed by atoms with van der Waals surface area (Å²) >= 11 is 0. The van der Waals surface area contributed by atoms with Gasteiger partial charge in [-0.2, -0.15) is 0 Å². The van der Waals surface area contributed by atoms with Crippen LogP contribution in [0.4, 0.5) is 0 Å². The summed E-state index contributed by atoms with van der Waals surface area (Å²) in [6.07, 6.45) is 6.42. The summed E-state index contributed by atoms with van der Waals surface area (Å²) in [5.74, 6) is 2.22. The molecule has 2 saturated carbocycles. The van der Waals surface area contributed by atoms with Crippen molar-refractivity contribution in [2.24, 2.45) is 17.8 Å². The summed E-state index contributed by atoms with van der Waals surface area (Å²) in [5, 5.41) is 6.52. The Kier molecular flexibility index (Phi) is 2.43. The minimum atomic E-state index is 0.332. The van der Waals surface area contributed by atoms with E-state index in [4.69, 9.17) is 0 Å². The average molecular weight is 208 g/mol. The van der Waals surface area contributed by atoms with Crippen LogP contribution in [0.1, 0.15) is 32.1 Å². The lowest BCUT2D eigenvalue weighted by molar-refractivity contribution is -0.123. The van der Waals surface area contributed by atoms with Crippen LogP contribution in [0.3, 0.4) is 0 Å². The minimum Gasteiger partial charge on any atom is -0.354 e. The third-order valence-corrected chi connectivity index (χ3v) is 4.39. The van der Waals surface area contributed by atoms with E-state index in [2.05, 4.69) is 10.6 Å². The lowest BCUT2D eigenvalue weighted by Gasteiger charge is -2.12. The maximum atomic E-state index is 11.8. The van der Waals surface area contributed by atoms with Crippen molar-refractivity contribution in [3.8, 4) is 0 Å². The second-order valence-corrected chi connectivity index (χ2v) is 5.32. The van der Waals surface area contributed by atoms with Crippen LogP contribution in [0.25, 0.3) is 0 Å². The summed E-state index contributed by atoms with van der Waals surface area (Å²) in [5.41, 5.74) is 0. The molecule has 0 bridgehead atoms. The molecule has 1 heterocycles. The number of amides is 1. The van der Waals surface area contributed by atoms with E-state index >= 15 is 0 Å². The Balaban J connectivity index is 1.42. The summed E-state index contributed by atoms with van der Waals surface area (Å²) in [4.78, 5) is 11.8. The van der Waals surface area contributed by atoms with Crippen molar-refractivity contribution in [3.05, 3.63) is 0 Å². The molecule has 3 fully saturated rings. The van der Waals surface area contributed by atoms with Crippen molar-refractivity contribution in [1.29, 1.82) is 0 Å². The first-order valence-corrected chi connectivity index (χ1v) is 6.37. The Hall–Kier alpha value is -0.570. The Morgan fingerprint density at radius 1 is 1.20 bits per heavy atom. The molecule has 2 N–H and O–H groups in total. The molecule has 1 aliphatic heterocycles. The predicted molar refractivity (Wildman–Crippen MR) is 58.4 cm³/mol. The number of nitrogens with one attached hydrogen (secondary N) is 2. The molecule has 0 radical (unpaired) electrons. The van der Waals surface area contributed by atoms with Crippen LogP contribution < -0.4 is 10.6 Å². The molecule has 3 aliphatic rings. The molecule has 0 aromatic heterocycles. The monoisotopic (exact) mass is 208 g/mol. The lowest BCUT2D eigenvalue weighted by Crippen LogP contribution is -2.38. The molecular formula is C12H20N2O. The van der Waals surface area contributed by atoms with Gasteiger partial charge in [-0.05, 0) is 44.1 Å². The topological polar surface area (TPSA) is 41.1 Å². The molecule has 0 aromatic rings. The normalized spacial score (nSPS) is 42.7. The van der Waals surface area contributed by atoms with E-state index in [9.17, 15) is 4.79 Å². The zero-order valence-electron chi connectivity index (χ0n) is 9.17. The third kappa shape index (κ3) is 1.78. The predicted octanol–water partition coefficient (Wildman–Crippen LogP) is 0.901. The van der Waals surface area contributed by atoms with Gasteiger partial charge < -0.3 is 10.6 Å². The Morgan fingerprint density at radius 3 is 2.67 bits per heavy atom. The highest BCUT2D eigenvalue weighted by Crippen LogP contribution is 2.57. The Morgan fingerprint density at radius 2 is 2.00 bits per heavy atom. The number of rotatable bonds is 3.